The first-order valence-electron chi connectivity index (χ1n) is 9.11. The third-order valence-corrected chi connectivity index (χ3v) is 4.77. The molecule has 0 spiro atoms. The summed E-state index contributed by atoms with van der Waals surface area (Å²) >= 11 is 6.08. The van der Waals surface area contributed by atoms with Crippen molar-refractivity contribution >= 4 is 23.2 Å². The molecule has 0 unspecified atom stereocenters. The van der Waals surface area contributed by atoms with Gasteiger partial charge in [-0.05, 0) is 49.2 Å². The summed E-state index contributed by atoms with van der Waals surface area (Å²) in [5, 5.41) is 7.46. The zero-order valence-corrected chi connectivity index (χ0v) is 17.2. The number of halogens is 1. The van der Waals surface area contributed by atoms with E-state index in [0.717, 1.165) is 11.1 Å². The van der Waals surface area contributed by atoms with Gasteiger partial charge in [-0.3, -0.25) is 4.79 Å². The molecule has 0 aliphatic heterocycles. The maximum absolute atomic E-state index is 12.1. The quantitative estimate of drug-likeness (QED) is 0.575. The molecule has 0 aliphatic carbocycles. The predicted octanol–water partition coefficient (Wildman–Crippen LogP) is 4.68. The van der Waals surface area contributed by atoms with Gasteiger partial charge in [0.1, 0.15) is 0 Å². The molecule has 0 fully saturated rings. The summed E-state index contributed by atoms with van der Waals surface area (Å²) in [7, 11) is 3.15. The highest BCUT2D eigenvalue weighted by atomic mass is 35.5. The van der Waals surface area contributed by atoms with Gasteiger partial charge in [-0.25, -0.2) is 0 Å². The van der Waals surface area contributed by atoms with Crippen LogP contribution in [0.1, 0.15) is 24.3 Å². The van der Waals surface area contributed by atoms with E-state index in [4.69, 9.17) is 25.6 Å². The first-order valence-corrected chi connectivity index (χ1v) is 9.49. The molecule has 0 aliphatic rings. The van der Waals surface area contributed by atoms with Crippen LogP contribution in [0.3, 0.4) is 0 Å². The average Bonchev–Trinajstić information content (AvgIpc) is 3.19. The number of carbonyl (C=O) groups excluding carboxylic acids is 1. The lowest BCUT2D eigenvalue weighted by molar-refractivity contribution is -0.116. The molecule has 2 aromatic carbocycles. The minimum atomic E-state index is -0.0930. The minimum absolute atomic E-state index is 0.0930. The van der Waals surface area contributed by atoms with Crippen molar-refractivity contribution in [3.05, 3.63) is 52.9 Å². The van der Waals surface area contributed by atoms with E-state index >= 15 is 0 Å². The van der Waals surface area contributed by atoms with Crippen LogP contribution in [0.2, 0.25) is 5.02 Å². The number of carbonyl (C=O) groups is 1. The Balaban J connectivity index is 1.54. The Morgan fingerprint density at radius 3 is 2.66 bits per heavy atom. The van der Waals surface area contributed by atoms with Gasteiger partial charge in [0, 0.05) is 29.1 Å². The second kappa shape index (κ2) is 9.43. The number of methoxy groups -OCH3 is 2. The van der Waals surface area contributed by atoms with Gasteiger partial charge in [0.25, 0.3) is 0 Å². The number of rotatable bonds is 8. The molecular formula is C21H22ClN3O4. The average molecular weight is 416 g/mol. The zero-order valence-electron chi connectivity index (χ0n) is 16.5. The number of nitrogens with one attached hydrogen (secondary N) is 1. The van der Waals surface area contributed by atoms with Gasteiger partial charge < -0.3 is 19.3 Å². The molecule has 152 valence electrons. The van der Waals surface area contributed by atoms with Crippen LogP contribution in [0.25, 0.3) is 11.4 Å². The number of aromatic nitrogens is 2. The maximum atomic E-state index is 12.1. The third-order valence-electron chi connectivity index (χ3n) is 4.36. The monoisotopic (exact) mass is 415 g/mol. The molecule has 0 saturated carbocycles. The number of anilines is 1. The Morgan fingerprint density at radius 2 is 1.93 bits per heavy atom. The Hall–Kier alpha value is -3.06. The van der Waals surface area contributed by atoms with Crippen molar-refractivity contribution in [3.8, 4) is 22.9 Å². The van der Waals surface area contributed by atoms with E-state index < -0.39 is 0 Å². The molecule has 1 heterocycles. The first-order chi connectivity index (χ1) is 14.0. The summed E-state index contributed by atoms with van der Waals surface area (Å²) in [4.78, 5) is 16.5. The second-order valence-electron chi connectivity index (χ2n) is 6.45. The van der Waals surface area contributed by atoms with E-state index in [1.165, 1.54) is 0 Å². The van der Waals surface area contributed by atoms with Crippen molar-refractivity contribution in [1.82, 2.24) is 10.1 Å². The molecule has 0 atom stereocenters. The van der Waals surface area contributed by atoms with Gasteiger partial charge in [-0.1, -0.05) is 22.8 Å². The van der Waals surface area contributed by atoms with Crippen LogP contribution in [0.4, 0.5) is 5.69 Å². The van der Waals surface area contributed by atoms with Gasteiger partial charge in [0.15, 0.2) is 11.5 Å². The maximum Gasteiger partial charge on any atom is 0.226 e. The fraction of sp³-hybridized carbons (Fsp3) is 0.286. The molecule has 1 amide bonds. The topological polar surface area (TPSA) is 86.5 Å². The van der Waals surface area contributed by atoms with Gasteiger partial charge in [0.2, 0.25) is 17.6 Å². The number of aryl methyl sites for hydroxylation is 2. The molecule has 1 N–H and O–H groups in total. The number of hydrogen-bond donors (Lipinski definition) is 1. The van der Waals surface area contributed by atoms with Gasteiger partial charge >= 0.3 is 0 Å². The second-order valence-corrected chi connectivity index (χ2v) is 6.85. The molecule has 7 nitrogen and oxygen atoms in total. The van der Waals surface area contributed by atoms with Crippen LogP contribution in [0.15, 0.2) is 40.9 Å². The molecule has 8 heteroatoms. The number of amides is 1. The Bertz CT molecular complexity index is 1000. The lowest BCUT2D eigenvalue weighted by Crippen LogP contribution is -2.11. The number of ether oxygens (including phenoxy) is 2. The standard InChI is InChI=1S/C21H22ClN3O4/c1-13-7-9-15(12-16(13)22)23-19(26)5-4-6-20-24-21(25-29-20)14-8-10-17(27-2)18(11-14)28-3/h7-12H,4-6H2,1-3H3,(H,23,26). The fourth-order valence-electron chi connectivity index (χ4n) is 2.74. The lowest BCUT2D eigenvalue weighted by atomic mass is 10.2. The highest BCUT2D eigenvalue weighted by molar-refractivity contribution is 6.31. The predicted molar refractivity (Wildman–Crippen MR) is 111 cm³/mol. The molecule has 29 heavy (non-hydrogen) atoms. The van der Waals surface area contributed by atoms with Crippen molar-refractivity contribution in [2.45, 2.75) is 26.2 Å². The van der Waals surface area contributed by atoms with E-state index in [2.05, 4.69) is 15.5 Å². The molecule has 0 bridgehead atoms. The summed E-state index contributed by atoms with van der Waals surface area (Å²) < 4.78 is 15.8. The molecule has 3 rings (SSSR count). The Labute approximate surface area is 174 Å². The van der Waals surface area contributed by atoms with E-state index in [-0.39, 0.29) is 5.91 Å². The van der Waals surface area contributed by atoms with Gasteiger partial charge in [-0.15, -0.1) is 0 Å². The van der Waals surface area contributed by atoms with Crippen LogP contribution in [-0.4, -0.2) is 30.3 Å². The highest BCUT2D eigenvalue weighted by Crippen LogP contribution is 2.31. The molecule has 0 radical (unpaired) electrons. The number of nitrogens with zero attached hydrogens (tertiary/aromatic N) is 2. The summed E-state index contributed by atoms with van der Waals surface area (Å²) in [5.74, 6) is 2.05. The lowest BCUT2D eigenvalue weighted by Gasteiger charge is -2.07. The SMILES string of the molecule is COc1ccc(-c2noc(CCCC(=O)Nc3ccc(C)c(Cl)c3)n2)cc1OC. The Kier molecular flexibility index (Phi) is 6.72. The van der Waals surface area contributed by atoms with Crippen LogP contribution in [0, 0.1) is 6.92 Å². The molecule has 0 saturated heterocycles. The number of hydrogen-bond acceptors (Lipinski definition) is 6. The van der Waals surface area contributed by atoms with Crippen LogP contribution >= 0.6 is 11.6 Å². The van der Waals surface area contributed by atoms with E-state index in [9.17, 15) is 4.79 Å². The van der Waals surface area contributed by atoms with Crippen molar-refractivity contribution in [2.24, 2.45) is 0 Å². The first kappa shape index (κ1) is 20.7. The normalized spacial score (nSPS) is 10.6. The van der Waals surface area contributed by atoms with Crippen molar-refractivity contribution < 1.29 is 18.8 Å². The summed E-state index contributed by atoms with van der Waals surface area (Å²) in [6, 6.07) is 10.8. The largest absolute Gasteiger partial charge is 0.493 e. The van der Waals surface area contributed by atoms with Crippen molar-refractivity contribution in [3.63, 3.8) is 0 Å². The number of benzene rings is 2. The van der Waals surface area contributed by atoms with Gasteiger partial charge in [-0.2, -0.15) is 4.98 Å². The van der Waals surface area contributed by atoms with Gasteiger partial charge in [0.05, 0.1) is 14.2 Å². The van der Waals surface area contributed by atoms with Crippen LogP contribution in [-0.2, 0) is 11.2 Å². The third kappa shape index (κ3) is 5.26. The molecule has 3 aromatic rings. The van der Waals surface area contributed by atoms with Crippen molar-refractivity contribution in [1.29, 1.82) is 0 Å². The minimum Gasteiger partial charge on any atom is -0.493 e. The smallest absolute Gasteiger partial charge is 0.226 e. The van der Waals surface area contributed by atoms with E-state index in [1.54, 1.807) is 32.4 Å². The zero-order chi connectivity index (χ0) is 20.8. The molecule has 1 aromatic heterocycles. The highest BCUT2D eigenvalue weighted by Gasteiger charge is 2.13. The van der Waals surface area contributed by atoms with E-state index in [0.29, 0.717) is 53.2 Å². The van der Waals surface area contributed by atoms with Crippen LogP contribution < -0.4 is 14.8 Å². The van der Waals surface area contributed by atoms with Crippen molar-refractivity contribution in [2.75, 3.05) is 19.5 Å². The van der Waals surface area contributed by atoms with Crippen LogP contribution in [0.5, 0.6) is 11.5 Å². The molecular weight excluding hydrogens is 394 g/mol. The fourth-order valence-corrected chi connectivity index (χ4v) is 2.92. The summed E-state index contributed by atoms with van der Waals surface area (Å²) in [5.41, 5.74) is 2.40. The summed E-state index contributed by atoms with van der Waals surface area (Å²) in [6.07, 6.45) is 1.42. The van der Waals surface area contributed by atoms with E-state index in [1.807, 2.05) is 25.1 Å². The Morgan fingerprint density at radius 1 is 1.14 bits per heavy atom. The summed E-state index contributed by atoms with van der Waals surface area (Å²) in [6.45, 7) is 1.91.